The molecule has 3 rings (SSSR count). The Morgan fingerprint density at radius 2 is 1.62 bits per heavy atom. The van der Waals surface area contributed by atoms with Crippen LogP contribution >= 0.6 is 12.4 Å². The number of hydrogen-bond donors (Lipinski definition) is 1. The minimum absolute atomic E-state index is 0. The van der Waals surface area contributed by atoms with Gasteiger partial charge in [-0.05, 0) is 23.8 Å². The summed E-state index contributed by atoms with van der Waals surface area (Å²) < 4.78 is 23.9. The second-order valence-corrected chi connectivity index (χ2v) is 6.85. The Labute approximate surface area is 145 Å². The van der Waals surface area contributed by atoms with E-state index >= 15 is 0 Å². The third-order valence-corrected chi connectivity index (χ3v) is 4.59. The number of primary sulfonamides is 1. The molecule has 0 fully saturated rings. The van der Waals surface area contributed by atoms with Gasteiger partial charge in [0.05, 0.1) is 16.0 Å². The molecule has 1 aromatic heterocycles. The van der Waals surface area contributed by atoms with Crippen molar-refractivity contribution in [3.8, 4) is 0 Å². The van der Waals surface area contributed by atoms with E-state index in [1.165, 1.54) is 16.8 Å². The summed E-state index contributed by atoms with van der Waals surface area (Å²) >= 11 is 0. The van der Waals surface area contributed by atoms with E-state index in [-0.39, 0.29) is 22.9 Å². The van der Waals surface area contributed by atoms with Crippen molar-refractivity contribution in [2.45, 2.75) is 11.3 Å². The summed E-state index contributed by atoms with van der Waals surface area (Å²) in [7, 11) is -2.09. The molecule has 0 aliphatic carbocycles. The number of nitrogens with zero attached hydrogens (tertiary/aromatic N) is 2. The van der Waals surface area contributed by atoms with E-state index in [1.54, 1.807) is 25.2 Å². The van der Waals surface area contributed by atoms with E-state index in [0.717, 1.165) is 16.6 Å². The number of nitrogens with two attached hydrogens (primary N) is 1. The second kappa shape index (κ2) is 6.72. The Balaban J connectivity index is 0.00000208. The van der Waals surface area contributed by atoms with Crippen LogP contribution in [0.25, 0.3) is 10.8 Å². The van der Waals surface area contributed by atoms with Crippen LogP contribution in [0.4, 0.5) is 0 Å². The number of benzene rings is 2. The van der Waals surface area contributed by atoms with Crippen molar-refractivity contribution in [2.75, 3.05) is 0 Å². The van der Waals surface area contributed by atoms with Gasteiger partial charge in [-0.3, -0.25) is 4.79 Å². The zero-order chi connectivity index (χ0) is 16.6. The summed E-state index contributed by atoms with van der Waals surface area (Å²) in [4.78, 5) is 12.2. The Kier molecular flexibility index (Phi) is 5.08. The first-order valence-electron chi connectivity index (χ1n) is 6.93. The fourth-order valence-corrected chi connectivity index (χ4v) is 3.01. The molecule has 3 aromatic rings. The lowest BCUT2D eigenvalue weighted by atomic mass is 10.0. The molecule has 0 unspecified atom stereocenters. The van der Waals surface area contributed by atoms with E-state index < -0.39 is 10.0 Å². The van der Waals surface area contributed by atoms with Gasteiger partial charge < -0.3 is 0 Å². The fourth-order valence-electron chi connectivity index (χ4n) is 2.50. The van der Waals surface area contributed by atoms with Gasteiger partial charge in [0.2, 0.25) is 10.0 Å². The van der Waals surface area contributed by atoms with Crippen molar-refractivity contribution in [3.05, 3.63) is 70.1 Å². The molecule has 126 valence electrons. The van der Waals surface area contributed by atoms with Gasteiger partial charge in [0.1, 0.15) is 0 Å². The molecule has 8 heteroatoms. The summed E-state index contributed by atoms with van der Waals surface area (Å²) in [5, 5.41) is 10.8. The highest BCUT2D eigenvalue weighted by Gasteiger charge is 2.11. The number of sulfonamides is 1. The van der Waals surface area contributed by atoms with Crippen LogP contribution in [0.1, 0.15) is 11.3 Å². The molecule has 0 amide bonds. The lowest BCUT2D eigenvalue weighted by Gasteiger charge is -2.08. The summed E-state index contributed by atoms with van der Waals surface area (Å²) in [6.45, 7) is 0. The SMILES string of the molecule is Cl.Cn1nc(Cc2ccc(S(N)(=O)=O)cc2)c2ccccc2c1=O. The summed E-state index contributed by atoms with van der Waals surface area (Å²) in [6, 6.07) is 13.6. The first-order chi connectivity index (χ1) is 10.9. The van der Waals surface area contributed by atoms with Crippen LogP contribution in [-0.2, 0) is 23.5 Å². The maximum atomic E-state index is 12.1. The maximum Gasteiger partial charge on any atom is 0.274 e. The molecule has 1 heterocycles. The van der Waals surface area contributed by atoms with Crippen molar-refractivity contribution < 1.29 is 8.42 Å². The lowest BCUT2D eigenvalue weighted by Crippen LogP contribution is -2.21. The van der Waals surface area contributed by atoms with E-state index in [9.17, 15) is 13.2 Å². The largest absolute Gasteiger partial charge is 0.274 e. The van der Waals surface area contributed by atoms with Gasteiger partial charge >= 0.3 is 0 Å². The standard InChI is InChI=1S/C16H15N3O3S.ClH/c1-19-16(20)14-5-3-2-4-13(14)15(18-19)10-11-6-8-12(9-7-11)23(17,21)22;/h2-9H,10H2,1H3,(H2,17,21,22);1H. The third-order valence-electron chi connectivity index (χ3n) is 3.66. The number of aromatic nitrogens is 2. The highest BCUT2D eigenvalue weighted by atomic mass is 35.5. The molecule has 2 aromatic carbocycles. The molecule has 0 saturated heterocycles. The topological polar surface area (TPSA) is 95.1 Å². The fraction of sp³-hybridized carbons (Fsp3) is 0.125. The Morgan fingerprint density at radius 1 is 1.04 bits per heavy atom. The number of hydrogen-bond acceptors (Lipinski definition) is 4. The normalized spacial score (nSPS) is 11.2. The number of fused-ring (bicyclic) bond motifs is 1. The average Bonchev–Trinajstić information content (AvgIpc) is 2.52. The highest BCUT2D eigenvalue weighted by molar-refractivity contribution is 7.89. The molecule has 0 bridgehead atoms. The smallest absolute Gasteiger partial charge is 0.267 e. The van der Waals surface area contributed by atoms with Gasteiger partial charge in [-0.15, -0.1) is 12.4 Å². The molecule has 2 N–H and O–H groups in total. The van der Waals surface area contributed by atoms with Crippen LogP contribution in [0.15, 0.2) is 58.2 Å². The van der Waals surface area contributed by atoms with E-state index in [4.69, 9.17) is 5.14 Å². The number of rotatable bonds is 3. The maximum absolute atomic E-state index is 12.1. The van der Waals surface area contributed by atoms with Crippen LogP contribution in [-0.4, -0.2) is 18.2 Å². The van der Waals surface area contributed by atoms with Crippen molar-refractivity contribution in [1.29, 1.82) is 0 Å². The molecule has 0 atom stereocenters. The van der Waals surface area contributed by atoms with E-state index in [1.807, 2.05) is 18.2 Å². The van der Waals surface area contributed by atoms with Gasteiger partial charge in [-0.2, -0.15) is 5.10 Å². The third kappa shape index (κ3) is 3.48. The van der Waals surface area contributed by atoms with Gasteiger partial charge in [0, 0.05) is 18.9 Å². The molecule has 0 aliphatic rings. The van der Waals surface area contributed by atoms with Crippen LogP contribution in [0.2, 0.25) is 0 Å². The zero-order valence-electron chi connectivity index (χ0n) is 12.8. The molecule has 24 heavy (non-hydrogen) atoms. The summed E-state index contributed by atoms with van der Waals surface area (Å²) in [6.07, 6.45) is 0.486. The predicted octanol–water partition coefficient (Wildman–Crippen LogP) is 1.59. The quantitative estimate of drug-likeness (QED) is 0.762. The first kappa shape index (κ1) is 18.1. The lowest BCUT2D eigenvalue weighted by molar-refractivity contribution is 0.598. The molecule has 0 radical (unpaired) electrons. The van der Waals surface area contributed by atoms with Crippen LogP contribution in [0, 0.1) is 0 Å². The molecule has 0 spiro atoms. The van der Waals surface area contributed by atoms with Gasteiger partial charge in [0.25, 0.3) is 5.56 Å². The zero-order valence-corrected chi connectivity index (χ0v) is 14.5. The first-order valence-corrected chi connectivity index (χ1v) is 8.47. The van der Waals surface area contributed by atoms with E-state index in [2.05, 4.69) is 5.10 Å². The average molecular weight is 366 g/mol. The Hall–Kier alpha value is -2.22. The predicted molar refractivity (Wildman–Crippen MR) is 94.9 cm³/mol. The molecule has 0 saturated carbocycles. The van der Waals surface area contributed by atoms with Crippen molar-refractivity contribution in [3.63, 3.8) is 0 Å². The van der Waals surface area contributed by atoms with Gasteiger partial charge in [-0.25, -0.2) is 18.2 Å². The Morgan fingerprint density at radius 3 is 2.21 bits per heavy atom. The molecule has 0 aliphatic heterocycles. The molecular weight excluding hydrogens is 350 g/mol. The minimum Gasteiger partial charge on any atom is -0.267 e. The minimum atomic E-state index is -3.70. The number of aryl methyl sites for hydroxylation is 1. The monoisotopic (exact) mass is 365 g/mol. The molecular formula is C16H16ClN3O3S. The van der Waals surface area contributed by atoms with Gasteiger partial charge in [0.15, 0.2) is 0 Å². The van der Waals surface area contributed by atoms with Gasteiger partial charge in [-0.1, -0.05) is 30.3 Å². The molecule has 6 nitrogen and oxygen atoms in total. The highest BCUT2D eigenvalue weighted by Crippen LogP contribution is 2.17. The van der Waals surface area contributed by atoms with Crippen molar-refractivity contribution in [1.82, 2.24) is 9.78 Å². The van der Waals surface area contributed by atoms with Crippen molar-refractivity contribution in [2.24, 2.45) is 12.2 Å². The van der Waals surface area contributed by atoms with Crippen LogP contribution in [0.5, 0.6) is 0 Å². The van der Waals surface area contributed by atoms with E-state index in [0.29, 0.717) is 11.8 Å². The second-order valence-electron chi connectivity index (χ2n) is 5.29. The Bertz CT molecular complexity index is 1040. The van der Waals surface area contributed by atoms with Crippen LogP contribution < -0.4 is 10.7 Å². The number of halogens is 1. The summed E-state index contributed by atoms with van der Waals surface area (Å²) in [5.74, 6) is 0. The van der Waals surface area contributed by atoms with Crippen molar-refractivity contribution >= 4 is 33.2 Å². The summed E-state index contributed by atoms with van der Waals surface area (Å²) in [5.41, 5.74) is 1.49. The van der Waals surface area contributed by atoms with Crippen LogP contribution in [0.3, 0.4) is 0 Å².